The molecule has 1 unspecified atom stereocenters. The van der Waals surface area contributed by atoms with Crippen LogP contribution < -0.4 is 0 Å². The van der Waals surface area contributed by atoms with E-state index in [9.17, 15) is 13.6 Å². The van der Waals surface area contributed by atoms with Crippen molar-refractivity contribution in [3.63, 3.8) is 0 Å². The third-order valence-electron chi connectivity index (χ3n) is 4.00. The smallest absolute Gasteiger partial charge is 0.329 e. The van der Waals surface area contributed by atoms with E-state index in [2.05, 4.69) is 20.3 Å². The van der Waals surface area contributed by atoms with Crippen LogP contribution in [-0.4, -0.2) is 50.6 Å². The summed E-state index contributed by atoms with van der Waals surface area (Å²) in [6.45, 7) is -2.46. The maximum Gasteiger partial charge on any atom is 0.329 e. The molecule has 0 radical (unpaired) electrons. The van der Waals surface area contributed by atoms with E-state index in [0.717, 1.165) is 25.8 Å². The van der Waals surface area contributed by atoms with Gasteiger partial charge in [-0.25, -0.2) is 9.99 Å². The molecule has 1 atom stereocenters. The lowest BCUT2D eigenvalue weighted by Gasteiger charge is -2.14. The summed E-state index contributed by atoms with van der Waals surface area (Å²) in [5.74, 6) is -0.895. The van der Waals surface area contributed by atoms with E-state index < -0.39 is 12.5 Å². The number of nitrogens with zero attached hydrogens (tertiary/aromatic N) is 5. The highest BCUT2D eigenvalue weighted by Gasteiger charge is 2.25. The number of halogens is 2. The summed E-state index contributed by atoms with van der Waals surface area (Å²) in [6, 6.07) is 5.62. The standard InChI is InChI=1S/C16H13F2N5O3S/c17-16(18)23-7-9(6-19-23)8-1-2-10-11(3-8)27-14(20-10)4-12-21-22-13(26-12)5-15(24)25/h1-3,6,9,16H,4-5,7H2,(H,24,25). The molecule has 1 aliphatic rings. The van der Waals surface area contributed by atoms with Gasteiger partial charge >= 0.3 is 12.5 Å². The van der Waals surface area contributed by atoms with Gasteiger partial charge in [-0.1, -0.05) is 6.07 Å². The van der Waals surface area contributed by atoms with E-state index in [1.165, 1.54) is 17.6 Å². The Morgan fingerprint density at radius 1 is 1.37 bits per heavy atom. The molecule has 27 heavy (non-hydrogen) atoms. The number of carbonyl (C=O) groups is 1. The molecule has 8 nitrogen and oxygen atoms in total. The summed E-state index contributed by atoms with van der Waals surface area (Å²) in [4.78, 5) is 15.2. The van der Waals surface area contributed by atoms with Crippen molar-refractivity contribution in [1.82, 2.24) is 20.2 Å². The average molecular weight is 393 g/mol. The van der Waals surface area contributed by atoms with Crippen molar-refractivity contribution >= 4 is 33.7 Å². The highest BCUT2D eigenvalue weighted by molar-refractivity contribution is 7.18. The molecule has 0 saturated heterocycles. The van der Waals surface area contributed by atoms with E-state index in [1.54, 1.807) is 0 Å². The van der Waals surface area contributed by atoms with Crippen LogP contribution in [0.5, 0.6) is 0 Å². The molecule has 1 N–H and O–H groups in total. The van der Waals surface area contributed by atoms with Gasteiger partial charge in [0.15, 0.2) is 0 Å². The lowest BCUT2D eigenvalue weighted by molar-refractivity contribution is -0.136. The number of rotatable bonds is 6. The van der Waals surface area contributed by atoms with Crippen molar-refractivity contribution in [2.75, 3.05) is 6.54 Å². The zero-order valence-corrected chi connectivity index (χ0v) is 14.6. The fraction of sp³-hybridized carbons (Fsp3) is 0.312. The topological polar surface area (TPSA) is 105 Å². The molecule has 3 aromatic rings. The molecule has 11 heteroatoms. The number of alkyl halides is 2. The normalized spacial score (nSPS) is 16.7. The minimum Gasteiger partial charge on any atom is -0.481 e. The molecule has 1 aromatic carbocycles. The predicted octanol–water partition coefficient (Wildman–Crippen LogP) is 2.50. The maximum absolute atomic E-state index is 12.7. The molecular formula is C16H13F2N5O3S. The zero-order valence-electron chi connectivity index (χ0n) is 13.7. The van der Waals surface area contributed by atoms with Gasteiger partial charge in [-0.05, 0) is 17.7 Å². The first-order chi connectivity index (χ1) is 13.0. The largest absolute Gasteiger partial charge is 0.481 e. The van der Waals surface area contributed by atoms with Gasteiger partial charge in [0.1, 0.15) is 11.4 Å². The highest BCUT2D eigenvalue weighted by atomic mass is 32.1. The first kappa shape index (κ1) is 17.5. The SMILES string of the molecule is O=C(O)Cc1nnc(Cc2nc3ccc(C4C=NN(C(F)F)C4)cc3s2)o1. The van der Waals surface area contributed by atoms with Crippen molar-refractivity contribution < 1.29 is 23.1 Å². The second kappa shape index (κ2) is 6.99. The van der Waals surface area contributed by atoms with Gasteiger partial charge in [-0.2, -0.15) is 13.9 Å². The van der Waals surface area contributed by atoms with Crippen molar-refractivity contribution in [2.24, 2.45) is 5.10 Å². The monoisotopic (exact) mass is 393 g/mol. The van der Waals surface area contributed by atoms with Gasteiger partial charge in [0, 0.05) is 12.1 Å². The third-order valence-corrected chi connectivity index (χ3v) is 5.02. The molecule has 3 heterocycles. The van der Waals surface area contributed by atoms with Crippen LogP contribution in [0.25, 0.3) is 10.2 Å². The maximum atomic E-state index is 12.7. The van der Waals surface area contributed by atoms with Crippen LogP contribution in [0.2, 0.25) is 0 Å². The van der Waals surface area contributed by atoms with Crippen molar-refractivity contribution in [2.45, 2.75) is 25.3 Å². The molecule has 0 spiro atoms. The van der Waals surface area contributed by atoms with Gasteiger partial charge in [0.25, 0.3) is 0 Å². The van der Waals surface area contributed by atoms with Crippen LogP contribution in [-0.2, 0) is 17.6 Å². The molecular weight excluding hydrogens is 380 g/mol. The lowest BCUT2D eigenvalue weighted by Crippen LogP contribution is -2.22. The fourth-order valence-electron chi connectivity index (χ4n) is 2.77. The molecule has 0 amide bonds. The summed E-state index contributed by atoms with van der Waals surface area (Å²) in [6.07, 6.45) is 1.50. The van der Waals surface area contributed by atoms with E-state index in [1.807, 2.05) is 18.2 Å². The Bertz CT molecular complexity index is 1020. The Morgan fingerprint density at radius 3 is 2.93 bits per heavy atom. The predicted molar refractivity (Wildman–Crippen MR) is 92.0 cm³/mol. The highest BCUT2D eigenvalue weighted by Crippen LogP contribution is 2.29. The van der Waals surface area contributed by atoms with Crippen LogP contribution in [0.3, 0.4) is 0 Å². The van der Waals surface area contributed by atoms with E-state index in [-0.39, 0.29) is 24.8 Å². The van der Waals surface area contributed by atoms with Gasteiger partial charge in [0.2, 0.25) is 11.8 Å². The molecule has 0 bridgehead atoms. The van der Waals surface area contributed by atoms with E-state index in [4.69, 9.17) is 9.52 Å². The Morgan fingerprint density at radius 2 is 2.19 bits per heavy atom. The second-order valence-corrected chi connectivity index (χ2v) is 7.06. The van der Waals surface area contributed by atoms with Crippen LogP contribution in [0.4, 0.5) is 8.78 Å². The van der Waals surface area contributed by atoms with Crippen molar-refractivity contribution in [3.05, 3.63) is 40.6 Å². The summed E-state index contributed by atoms with van der Waals surface area (Å²) < 4.78 is 31.6. The Kier molecular flexibility index (Phi) is 4.52. The van der Waals surface area contributed by atoms with Gasteiger partial charge < -0.3 is 9.52 Å². The van der Waals surface area contributed by atoms with Crippen molar-refractivity contribution in [3.8, 4) is 0 Å². The molecule has 140 valence electrons. The minimum atomic E-state index is -2.61. The first-order valence-corrected chi connectivity index (χ1v) is 8.81. The number of aliphatic carboxylic acids is 1. The molecule has 0 aliphatic carbocycles. The van der Waals surface area contributed by atoms with E-state index >= 15 is 0 Å². The van der Waals surface area contributed by atoms with Gasteiger partial charge in [-0.15, -0.1) is 21.5 Å². The first-order valence-electron chi connectivity index (χ1n) is 7.99. The zero-order chi connectivity index (χ0) is 19.0. The molecule has 0 fully saturated rings. The number of carboxylic acids is 1. The number of carboxylic acid groups (broad SMARTS) is 1. The number of fused-ring (bicyclic) bond motifs is 1. The van der Waals surface area contributed by atoms with Crippen LogP contribution in [0, 0.1) is 0 Å². The Labute approximate surface area is 155 Å². The van der Waals surface area contributed by atoms with Gasteiger partial charge in [-0.3, -0.25) is 4.79 Å². The number of aromatic nitrogens is 3. The Hall–Kier alpha value is -2.95. The number of thiazole rings is 1. The minimum absolute atomic E-state index is 0.0463. The van der Waals surface area contributed by atoms with Crippen molar-refractivity contribution in [1.29, 1.82) is 0 Å². The molecule has 1 aliphatic heterocycles. The average Bonchev–Trinajstić information content (AvgIpc) is 3.32. The van der Waals surface area contributed by atoms with Crippen LogP contribution >= 0.6 is 11.3 Å². The second-order valence-electron chi connectivity index (χ2n) is 5.94. The Balaban J connectivity index is 1.50. The summed E-state index contributed by atoms with van der Waals surface area (Å²) in [5.41, 5.74) is 1.68. The lowest BCUT2D eigenvalue weighted by atomic mass is 10.0. The van der Waals surface area contributed by atoms with Crippen LogP contribution in [0.15, 0.2) is 27.7 Å². The summed E-state index contributed by atoms with van der Waals surface area (Å²) >= 11 is 1.43. The molecule has 2 aromatic heterocycles. The number of hydrogen-bond acceptors (Lipinski definition) is 8. The molecule has 0 saturated carbocycles. The quantitative estimate of drug-likeness (QED) is 0.642. The molecule has 4 rings (SSSR count). The number of hydrazone groups is 1. The van der Waals surface area contributed by atoms with Gasteiger partial charge in [0.05, 0.1) is 23.2 Å². The fourth-order valence-corrected chi connectivity index (χ4v) is 3.78. The summed E-state index contributed by atoms with van der Waals surface area (Å²) in [7, 11) is 0. The van der Waals surface area contributed by atoms with Crippen LogP contribution in [0.1, 0.15) is 28.3 Å². The number of hydrogen-bond donors (Lipinski definition) is 1. The number of benzene rings is 1. The summed E-state index contributed by atoms with van der Waals surface area (Å²) in [5, 5.41) is 21.5. The van der Waals surface area contributed by atoms with E-state index in [0.29, 0.717) is 12.3 Å². The third kappa shape index (κ3) is 3.77.